The van der Waals surface area contributed by atoms with Gasteiger partial charge in [-0.05, 0) is 26.2 Å². The topological polar surface area (TPSA) is 60.4 Å². The lowest BCUT2D eigenvalue weighted by molar-refractivity contribution is -0.140. The number of hydrogen-bond acceptors (Lipinski definition) is 4. The van der Waals surface area contributed by atoms with Gasteiger partial charge in [-0.15, -0.1) is 12.3 Å². The van der Waals surface area contributed by atoms with Crippen LogP contribution < -0.4 is 0 Å². The van der Waals surface area contributed by atoms with E-state index in [0.717, 1.165) is 6.29 Å². The number of Topliss-reactive ketones (excluding diaryl/α,β-unsaturated/α-hetero) is 1. The van der Waals surface area contributed by atoms with Gasteiger partial charge in [0.25, 0.3) is 0 Å². The third-order valence-electron chi connectivity index (χ3n) is 2.41. The average molecular weight is 264 g/mol. The lowest BCUT2D eigenvalue weighted by Crippen LogP contribution is -2.16. The molecule has 0 rings (SSSR count). The van der Waals surface area contributed by atoms with E-state index in [2.05, 4.69) is 5.92 Å². The van der Waals surface area contributed by atoms with Gasteiger partial charge in [0.1, 0.15) is 6.29 Å². The summed E-state index contributed by atoms with van der Waals surface area (Å²) in [5, 5.41) is 0. The Morgan fingerprint density at radius 1 is 1.26 bits per heavy atom. The first-order chi connectivity index (χ1) is 9.17. The van der Waals surface area contributed by atoms with E-state index in [1.165, 1.54) is 0 Å². The van der Waals surface area contributed by atoms with Gasteiger partial charge in [-0.2, -0.15) is 0 Å². The van der Waals surface area contributed by atoms with Crippen molar-refractivity contribution in [2.75, 3.05) is 6.61 Å². The van der Waals surface area contributed by atoms with E-state index in [1.807, 2.05) is 0 Å². The zero-order valence-corrected chi connectivity index (χ0v) is 11.3. The quantitative estimate of drug-likeness (QED) is 0.115. The second kappa shape index (κ2) is 11.2. The first-order valence-corrected chi connectivity index (χ1v) is 6.44. The van der Waals surface area contributed by atoms with Gasteiger partial charge < -0.3 is 9.53 Å². The summed E-state index contributed by atoms with van der Waals surface area (Å²) in [6.45, 7) is 1.91. The van der Waals surface area contributed by atoms with E-state index in [9.17, 15) is 14.4 Å². The smallest absolute Gasteiger partial charge is 0.341 e. The maximum atomic E-state index is 11.9. The summed E-state index contributed by atoms with van der Waals surface area (Å²) in [7, 11) is 0. The Balaban J connectivity index is 4.50. The Bertz CT molecular complexity index is 374. The largest absolute Gasteiger partial charge is 0.462 e. The van der Waals surface area contributed by atoms with Gasteiger partial charge in [-0.1, -0.05) is 6.08 Å². The summed E-state index contributed by atoms with van der Waals surface area (Å²) in [6, 6.07) is 0. The molecule has 4 heteroatoms. The van der Waals surface area contributed by atoms with Gasteiger partial charge in [0.05, 0.1) is 12.2 Å². The van der Waals surface area contributed by atoms with Crippen molar-refractivity contribution in [2.24, 2.45) is 0 Å². The molecule has 0 amide bonds. The first-order valence-electron chi connectivity index (χ1n) is 6.44. The molecule has 0 bridgehead atoms. The third-order valence-corrected chi connectivity index (χ3v) is 2.41. The van der Waals surface area contributed by atoms with Crippen LogP contribution in [0.5, 0.6) is 0 Å². The van der Waals surface area contributed by atoms with Crippen LogP contribution in [0.15, 0.2) is 11.6 Å². The van der Waals surface area contributed by atoms with Gasteiger partial charge in [-0.25, -0.2) is 4.79 Å². The van der Waals surface area contributed by atoms with Crippen LogP contribution in [0.2, 0.25) is 0 Å². The molecule has 0 aliphatic rings. The molecule has 4 nitrogen and oxygen atoms in total. The highest BCUT2D eigenvalue weighted by Crippen LogP contribution is 2.10. The van der Waals surface area contributed by atoms with Crippen LogP contribution in [0.1, 0.15) is 45.4 Å². The van der Waals surface area contributed by atoms with Crippen LogP contribution in [-0.2, 0) is 19.1 Å². The van der Waals surface area contributed by atoms with Crippen molar-refractivity contribution >= 4 is 18.0 Å². The second-order valence-electron chi connectivity index (χ2n) is 3.92. The molecule has 0 saturated heterocycles. The fraction of sp³-hybridized carbons (Fsp3) is 0.533. The zero-order chi connectivity index (χ0) is 14.5. The standard InChI is InChI=1S/C15H20O4/c1-3-5-7-10-13(15(18)19-4-2)14(17)11-8-6-9-12-16/h1,10,12H,4-9,11H2,2H3/b13-10+. The number of esters is 1. The molecule has 0 N–H and O–H groups in total. The number of ether oxygens (including phenoxy) is 1. The minimum Gasteiger partial charge on any atom is -0.462 e. The van der Waals surface area contributed by atoms with E-state index in [4.69, 9.17) is 11.2 Å². The molecule has 0 aromatic heterocycles. The highest BCUT2D eigenvalue weighted by molar-refractivity contribution is 6.17. The minimum atomic E-state index is -0.597. The molecule has 0 aliphatic heterocycles. The highest BCUT2D eigenvalue weighted by Gasteiger charge is 2.18. The maximum absolute atomic E-state index is 11.9. The molecule has 0 fully saturated rings. The average Bonchev–Trinajstić information content (AvgIpc) is 2.39. The minimum absolute atomic E-state index is 0.0724. The monoisotopic (exact) mass is 264 g/mol. The van der Waals surface area contributed by atoms with Crippen molar-refractivity contribution in [1.82, 2.24) is 0 Å². The SMILES string of the molecule is C#CCC/C=C(\C(=O)CCCCC=O)C(=O)OCC. The Kier molecular flexibility index (Phi) is 10.1. The Morgan fingerprint density at radius 2 is 2.00 bits per heavy atom. The predicted octanol–water partition coefficient (Wildman–Crippen LogP) is 2.22. The van der Waals surface area contributed by atoms with Crippen molar-refractivity contribution in [3.8, 4) is 12.3 Å². The van der Waals surface area contributed by atoms with Crippen LogP contribution in [-0.4, -0.2) is 24.6 Å². The zero-order valence-electron chi connectivity index (χ0n) is 11.3. The van der Waals surface area contributed by atoms with Crippen molar-refractivity contribution in [3.63, 3.8) is 0 Å². The number of carbonyl (C=O) groups excluding carboxylic acids is 3. The van der Waals surface area contributed by atoms with Gasteiger partial charge in [0.2, 0.25) is 0 Å². The normalized spacial score (nSPS) is 10.6. The molecule has 0 aromatic carbocycles. The van der Waals surface area contributed by atoms with Crippen molar-refractivity contribution in [1.29, 1.82) is 0 Å². The van der Waals surface area contributed by atoms with Gasteiger partial charge in [-0.3, -0.25) is 4.79 Å². The van der Waals surface area contributed by atoms with Gasteiger partial charge in [0, 0.05) is 19.3 Å². The molecular weight excluding hydrogens is 244 g/mol. The summed E-state index contributed by atoms with van der Waals surface area (Å²) >= 11 is 0. The van der Waals surface area contributed by atoms with Crippen LogP contribution in [0.3, 0.4) is 0 Å². The molecule has 0 unspecified atom stereocenters. The number of allylic oxidation sites excluding steroid dienone is 1. The van der Waals surface area contributed by atoms with E-state index in [0.29, 0.717) is 32.1 Å². The summed E-state index contributed by atoms with van der Waals surface area (Å²) in [4.78, 5) is 33.7. The first kappa shape index (κ1) is 17.1. The fourth-order valence-electron chi connectivity index (χ4n) is 1.47. The lowest BCUT2D eigenvalue weighted by Gasteiger charge is -2.06. The van der Waals surface area contributed by atoms with Crippen LogP contribution in [0.25, 0.3) is 0 Å². The third kappa shape index (κ3) is 7.93. The maximum Gasteiger partial charge on any atom is 0.341 e. The number of carbonyl (C=O) groups is 3. The molecule has 104 valence electrons. The van der Waals surface area contributed by atoms with Gasteiger partial charge in [0.15, 0.2) is 5.78 Å². The number of unbranched alkanes of at least 4 members (excludes halogenated alkanes) is 3. The highest BCUT2D eigenvalue weighted by atomic mass is 16.5. The van der Waals surface area contributed by atoms with E-state index in [1.54, 1.807) is 13.0 Å². The predicted molar refractivity (Wildman–Crippen MR) is 72.3 cm³/mol. The summed E-state index contributed by atoms with van der Waals surface area (Å²) in [5.74, 6) is 1.60. The molecule has 0 saturated carbocycles. The van der Waals surface area contributed by atoms with Crippen molar-refractivity contribution in [2.45, 2.75) is 45.4 Å². The molecule has 0 spiro atoms. The molecule has 0 aromatic rings. The summed E-state index contributed by atoms with van der Waals surface area (Å²) < 4.78 is 4.85. The number of terminal acetylenes is 1. The summed E-state index contributed by atoms with van der Waals surface area (Å²) in [5.41, 5.74) is 0.0724. The van der Waals surface area contributed by atoms with E-state index in [-0.39, 0.29) is 24.4 Å². The van der Waals surface area contributed by atoms with Crippen LogP contribution in [0.4, 0.5) is 0 Å². The van der Waals surface area contributed by atoms with E-state index >= 15 is 0 Å². The second-order valence-corrected chi connectivity index (χ2v) is 3.92. The van der Waals surface area contributed by atoms with E-state index < -0.39 is 5.97 Å². The van der Waals surface area contributed by atoms with Crippen molar-refractivity contribution < 1.29 is 19.1 Å². The molecule has 19 heavy (non-hydrogen) atoms. The molecular formula is C15H20O4. The number of rotatable bonds is 10. The summed E-state index contributed by atoms with van der Waals surface area (Å²) in [6.07, 6.45) is 10.3. The van der Waals surface area contributed by atoms with Gasteiger partial charge >= 0.3 is 5.97 Å². The van der Waals surface area contributed by atoms with Crippen LogP contribution in [0, 0.1) is 12.3 Å². The Morgan fingerprint density at radius 3 is 2.58 bits per heavy atom. The fourth-order valence-corrected chi connectivity index (χ4v) is 1.47. The number of hydrogen-bond donors (Lipinski definition) is 0. The van der Waals surface area contributed by atoms with Crippen LogP contribution >= 0.6 is 0 Å². The molecule has 0 heterocycles. The molecule has 0 radical (unpaired) electrons. The Hall–Kier alpha value is -1.89. The molecule has 0 aliphatic carbocycles. The van der Waals surface area contributed by atoms with Crippen molar-refractivity contribution in [3.05, 3.63) is 11.6 Å². The number of ketones is 1. The Labute approximate surface area is 114 Å². The molecule has 0 atom stereocenters. The number of aldehydes is 1. The lowest BCUT2D eigenvalue weighted by atomic mass is 10.0.